The zero-order chi connectivity index (χ0) is 28.9. The third kappa shape index (κ3) is 7.19. The van der Waals surface area contributed by atoms with Gasteiger partial charge in [0.15, 0.2) is 17.5 Å². The van der Waals surface area contributed by atoms with Crippen LogP contribution in [0.2, 0.25) is 0 Å². The first kappa shape index (κ1) is 28.2. The molecule has 1 amide bonds. The van der Waals surface area contributed by atoms with Crippen molar-refractivity contribution < 1.29 is 18.8 Å². The number of benzene rings is 1. The number of aromatic nitrogens is 2. The maximum absolute atomic E-state index is 15.0. The molecule has 2 heterocycles. The average Bonchev–Trinajstić information content (AvgIpc) is 2.90. The van der Waals surface area contributed by atoms with Gasteiger partial charge in [-0.3, -0.25) is 15.1 Å². The Morgan fingerprint density at radius 1 is 1.12 bits per heavy atom. The van der Waals surface area contributed by atoms with E-state index >= 15 is 4.39 Å². The van der Waals surface area contributed by atoms with Crippen molar-refractivity contribution in [1.82, 2.24) is 15.3 Å². The first-order chi connectivity index (χ1) is 19.0. The van der Waals surface area contributed by atoms with E-state index in [1.807, 2.05) is 6.07 Å². The number of halogens is 1. The summed E-state index contributed by atoms with van der Waals surface area (Å²) in [5.74, 6) is -0.656. The number of nitrogens with zero attached hydrogens (tertiary/aromatic N) is 4. The Hall–Kier alpha value is -4.79. The van der Waals surface area contributed by atoms with Gasteiger partial charge in [-0.05, 0) is 51.3 Å². The number of ether oxygens (including phenoxy) is 1. The van der Waals surface area contributed by atoms with Crippen molar-refractivity contribution >= 4 is 29.1 Å². The maximum atomic E-state index is 15.0. The lowest BCUT2D eigenvalue weighted by atomic mass is 9.90. The van der Waals surface area contributed by atoms with Crippen LogP contribution < -0.4 is 16.0 Å². The fraction of sp³-hybridized carbons (Fsp3) is 0.357. The Balaban J connectivity index is 1.56. The molecule has 2 aromatic heterocycles. The standard InChI is InChI=1S/C28H30FN7O4/c1-28(2,3)40-27(37)34-24-10-5-4-9-23(24)33-26-22(29)13-18(14-30)25(35-26)32-20-11-19(15-31-16-20)17-7-6-8-21(12-17)36(38)39/h6-8,11-13,15-16,23-24H,4-5,9-10H2,1-3H3,(H,34,37)(H2,32,33,35)/t23-,24+/m1/s1. The molecule has 12 heteroatoms. The molecule has 0 saturated heterocycles. The second kappa shape index (κ2) is 11.9. The molecule has 0 unspecified atom stereocenters. The Kier molecular flexibility index (Phi) is 8.43. The van der Waals surface area contributed by atoms with Crippen molar-refractivity contribution in [2.45, 2.75) is 64.1 Å². The predicted molar refractivity (Wildman–Crippen MR) is 148 cm³/mol. The van der Waals surface area contributed by atoms with E-state index in [0.717, 1.165) is 18.9 Å². The number of carbonyl (C=O) groups excluding carboxylic acids is 1. The second-order valence-corrected chi connectivity index (χ2v) is 10.5. The van der Waals surface area contributed by atoms with E-state index in [2.05, 4.69) is 25.9 Å². The molecular formula is C28H30FN7O4. The molecule has 208 valence electrons. The molecule has 11 nitrogen and oxygen atoms in total. The zero-order valence-electron chi connectivity index (χ0n) is 22.4. The van der Waals surface area contributed by atoms with E-state index in [4.69, 9.17) is 4.74 Å². The fourth-order valence-electron chi connectivity index (χ4n) is 4.48. The van der Waals surface area contributed by atoms with Crippen molar-refractivity contribution in [3.05, 3.63) is 70.3 Å². The number of hydrogen-bond donors (Lipinski definition) is 3. The van der Waals surface area contributed by atoms with Crippen molar-refractivity contribution in [3.63, 3.8) is 0 Å². The summed E-state index contributed by atoms with van der Waals surface area (Å²) in [6.07, 6.45) is 5.68. The molecule has 1 aliphatic rings. The number of nitrogens with one attached hydrogen (secondary N) is 3. The number of anilines is 3. The van der Waals surface area contributed by atoms with Gasteiger partial charge in [-0.2, -0.15) is 5.26 Å². The molecule has 0 radical (unpaired) electrons. The molecule has 0 spiro atoms. The molecule has 1 fully saturated rings. The second-order valence-electron chi connectivity index (χ2n) is 10.5. The van der Waals surface area contributed by atoms with Gasteiger partial charge in [-0.25, -0.2) is 14.2 Å². The number of rotatable bonds is 7. The Morgan fingerprint density at radius 3 is 2.58 bits per heavy atom. The van der Waals surface area contributed by atoms with Crippen LogP contribution in [0, 0.1) is 27.3 Å². The minimum atomic E-state index is -0.702. The molecule has 0 bridgehead atoms. The quantitative estimate of drug-likeness (QED) is 0.237. The van der Waals surface area contributed by atoms with Crippen molar-refractivity contribution in [3.8, 4) is 17.2 Å². The number of hydrogen-bond acceptors (Lipinski definition) is 9. The first-order valence-corrected chi connectivity index (χ1v) is 12.9. The Bertz CT molecular complexity index is 1450. The van der Waals surface area contributed by atoms with Crippen LogP contribution in [0.25, 0.3) is 11.1 Å². The highest BCUT2D eigenvalue weighted by Gasteiger charge is 2.29. The SMILES string of the molecule is CC(C)(C)OC(=O)N[C@H]1CCCC[C@H]1Nc1nc(Nc2cncc(-c3cccc([N+](=O)[O-])c3)c2)c(C#N)cc1F. The van der Waals surface area contributed by atoms with Gasteiger partial charge < -0.3 is 20.7 Å². The van der Waals surface area contributed by atoms with E-state index in [0.29, 0.717) is 29.7 Å². The zero-order valence-corrected chi connectivity index (χ0v) is 22.4. The smallest absolute Gasteiger partial charge is 0.407 e. The van der Waals surface area contributed by atoms with Crippen LogP contribution in [0.1, 0.15) is 52.0 Å². The van der Waals surface area contributed by atoms with Crippen LogP contribution in [0.3, 0.4) is 0 Å². The fourth-order valence-corrected chi connectivity index (χ4v) is 4.48. The third-order valence-corrected chi connectivity index (χ3v) is 6.28. The monoisotopic (exact) mass is 547 g/mol. The highest BCUT2D eigenvalue weighted by Crippen LogP contribution is 2.29. The average molecular weight is 548 g/mol. The van der Waals surface area contributed by atoms with Crippen LogP contribution in [0.5, 0.6) is 0 Å². The molecule has 3 aromatic rings. The molecule has 0 aliphatic heterocycles. The number of pyridine rings is 2. The molecule has 4 rings (SSSR count). The van der Waals surface area contributed by atoms with E-state index in [9.17, 15) is 20.2 Å². The van der Waals surface area contributed by atoms with E-state index < -0.39 is 22.4 Å². The lowest BCUT2D eigenvalue weighted by Gasteiger charge is -2.33. The summed E-state index contributed by atoms with van der Waals surface area (Å²) in [5, 5.41) is 29.8. The molecular weight excluding hydrogens is 517 g/mol. The van der Waals surface area contributed by atoms with Crippen LogP contribution in [-0.4, -0.2) is 38.7 Å². The molecule has 40 heavy (non-hydrogen) atoms. The summed E-state index contributed by atoms with van der Waals surface area (Å²) in [6.45, 7) is 5.34. The topological polar surface area (TPSA) is 155 Å². The van der Waals surface area contributed by atoms with Crippen LogP contribution in [0.15, 0.2) is 48.8 Å². The van der Waals surface area contributed by atoms with Gasteiger partial charge in [0, 0.05) is 29.9 Å². The van der Waals surface area contributed by atoms with Crippen LogP contribution >= 0.6 is 0 Å². The van der Waals surface area contributed by atoms with Crippen molar-refractivity contribution in [2.24, 2.45) is 0 Å². The summed E-state index contributed by atoms with van der Waals surface area (Å²) >= 11 is 0. The summed E-state index contributed by atoms with van der Waals surface area (Å²) < 4.78 is 20.4. The summed E-state index contributed by atoms with van der Waals surface area (Å²) in [4.78, 5) is 31.6. The number of nitro benzene ring substituents is 1. The highest BCUT2D eigenvalue weighted by atomic mass is 19.1. The number of nitriles is 1. The predicted octanol–water partition coefficient (Wildman–Crippen LogP) is 6.05. The number of amides is 1. The molecule has 2 atom stereocenters. The normalized spacial score (nSPS) is 16.9. The van der Waals surface area contributed by atoms with Crippen molar-refractivity contribution in [2.75, 3.05) is 10.6 Å². The Morgan fingerprint density at radius 2 is 1.88 bits per heavy atom. The van der Waals surface area contributed by atoms with E-state index in [-0.39, 0.29) is 35.0 Å². The van der Waals surface area contributed by atoms with Gasteiger partial charge in [0.1, 0.15) is 11.7 Å². The number of alkyl carbamates (subject to hydrolysis) is 1. The minimum absolute atomic E-state index is 0.0177. The van der Waals surface area contributed by atoms with Gasteiger partial charge in [0.25, 0.3) is 5.69 Å². The van der Waals surface area contributed by atoms with Crippen LogP contribution in [-0.2, 0) is 4.74 Å². The molecule has 1 aliphatic carbocycles. The summed E-state index contributed by atoms with van der Waals surface area (Å²) in [5.41, 5.74) is 0.918. The van der Waals surface area contributed by atoms with Gasteiger partial charge in [-0.1, -0.05) is 25.0 Å². The highest BCUT2D eigenvalue weighted by molar-refractivity contribution is 5.72. The van der Waals surface area contributed by atoms with Gasteiger partial charge in [0.2, 0.25) is 0 Å². The Labute approximate surface area is 230 Å². The summed E-state index contributed by atoms with van der Waals surface area (Å²) in [7, 11) is 0. The number of non-ortho nitro benzene ring substituents is 1. The molecule has 1 saturated carbocycles. The summed E-state index contributed by atoms with van der Waals surface area (Å²) in [6, 6.07) is 10.3. The number of carbonyl (C=O) groups is 1. The molecule has 3 N–H and O–H groups in total. The van der Waals surface area contributed by atoms with E-state index in [1.54, 1.807) is 45.2 Å². The largest absolute Gasteiger partial charge is 0.444 e. The maximum Gasteiger partial charge on any atom is 0.407 e. The van der Waals surface area contributed by atoms with Gasteiger partial charge in [0.05, 0.1) is 28.4 Å². The van der Waals surface area contributed by atoms with Gasteiger partial charge in [-0.15, -0.1) is 0 Å². The molecule has 1 aromatic carbocycles. The lowest BCUT2D eigenvalue weighted by molar-refractivity contribution is -0.384. The first-order valence-electron chi connectivity index (χ1n) is 12.9. The van der Waals surface area contributed by atoms with Gasteiger partial charge >= 0.3 is 6.09 Å². The minimum Gasteiger partial charge on any atom is -0.444 e. The van der Waals surface area contributed by atoms with E-state index in [1.165, 1.54) is 18.3 Å². The third-order valence-electron chi connectivity index (χ3n) is 6.28. The van der Waals surface area contributed by atoms with Crippen molar-refractivity contribution in [1.29, 1.82) is 5.26 Å². The number of nitro groups is 1. The van der Waals surface area contributed by atoms with Crippen LogP contribution in [0.4, 0.5) is 32.2 Å². The lowest BCUT2D eigenvalue weighted by Crippen LogP contribution is -2.50.